The number of rotatable bonds is 4. The largest absolute Gasteiger partial charge is 0.481 e. The number of hydrogen-bond acceptors (Lipinski definition) is 2. The molecule has 1 aromatic rings. The van der Waals surface area contributed by atoms with E-state index < -0.39 is 5.97 Å². The lowest BCUT2D eigenvalue weighted by Gasteiger charge is -2.10. The monoisotopic (exact) mass is 205 g/mol. The average Bonchev–Trinajstić information content (AvgIpc) is 3.00. The lowest BCUT2D eigenvalue weighted by Crippen LogP contribution is -2.15. The summed E-state index contributed by atoms with van der Waals surface area (Å²) in [6, 6.07) is 7.62. The second kappa shape index (κ2) is 4.03. The van der Waals surface area contributed by atoms with Gasteiger partial charge in [-0.25, -0.2) is 0 Å². The van der Waals surface area contributed by atoms with Crippen molar-refractivity contribution in [2.45, 2.75) is 31.2 Å². The van der Waals surface area contributed by atoms with Crippen LogP contribution in [0.1, 0.15) is 42.3 Å². The van der Waals surface area contributed by atoms with E-state index in [0.717, 1.165) is 5.56 Å². The first-order valence-electron chi connectivity index (χ1n) is 5.24. The molecule has 3 nitrogen and oxygen atoms in total. The van der Waals surface area contributed by atoms with Crippen LogP contribution >= 0.6 is 0 Å². The molecular formula is C12H15NO2. The van der Waals surface area contributed by atoms with Crippen LogP contribution in [0.3, 0.4) is 0 Å². The lowest BCUT2D eigenvalue weighted by molar-refractivity contribution is -0.137. The third kappa shape index (κ3) is 2.57. The Bertz CT molecular complexity index is 372. The number of aliphatic carboxylic acids is 1. The van der Waals surface area contributed by atoms with Gasteiger partial charge < -0.3 is 10.8 Å². The molecule has 0 amide bonds. The van der Waals surface area contributed by atoms with E-state index in [1.165, 1.54) is 18.4 Å². The molecule has 2 rings (SSSR count). The third-order valence-corrected chi connectivity index (χ3v) is 2.78. The van der Waals surface area contributed by atoms with Crippen LogP contribution < -0.4 is 5.73 Å². The van der Waals surface area contributed by atoms with Gasteiger partial charge in [-0.15, -0.1) is 0 Å². The van der Waals surface area contributed by atoms with Crippen LogP contribution in [0.5, 0.6) is 0 Å². The average molecular weight is 205 g/mol. The summed E-state index contributed by atoms with van der Waals surface area (Å²) in [5, 5.41) is 8.66. The van der Waals surface area contributed by atoms with Crippen LogP contribution in [-0.2, 0) is 4.79 Å². The topological polar surface area (TPSA) is 63.3 Å². The van der Waals surface area contributed by atoms with Crippen LogP contribution in [0.15, 0.2) is 24.3 Å². The minimum atomic E-state index is -0.848. The highest BCUT2D eigenvalue weighted by atomic mass is 16.4. The van der Waals surface area contributed by atoms with E-state index >= 15 is 0 Å². The Morgan fingerprint density at radius 3 is 2.87 bits per heavy atom. The number of carbonyl (C=O) groups is 1. The summed E-state index contributed by atoms with van der Waals surface area (Å²) in [6.07, 6.45) is 2.49. The fourth-order valence-corrected chi connectivity index (χ4v) is 1.77. The quantitative estimate of drug-likeness (QED) is 0.790. The third-order valence-electron chi connectivity index (χ3n) is 2.78. The van der Waals surface area contributed by atoms with Gasteiger partial charge in [-0.05, 0) is 29.9 Å². The Labute approximate surface area is 88.9 Å². The van der Waals surface area contributed by atoms with Gasteiger partial charge in [0.2, 0.25) is 0 Å². The molecule has 1 aromatic carbocycles. The van der Waals surface area contributed by atoms with Gasteiger partial charge in [0, 0.05) is 6.04 Å². The normalized spacial score (nSPS) is 17.4. The molecule has 1 atom stereocenters. The van der Waals surface area contributed by atoms with Crippen molar-refractivity contribution in [3.8, 4) is 0 Å². The zero-order chi connectivity index (χ0) is 10.8. The zero-order valence-electron chi connectivity index (χ0n) is 8.52. The maximum Gasteiger partial charge on any atom is 0.305 e. The SMILES string of the molecule is NC(CC(=O)O)c1cccc(C2CC2)c1. The van der Waals surface area contributed by atoms with E-state index in [0.29, 0.717) is 5.92 Å². The lowest BCUT2D eigenvalue weighted by atomic mass is 10.0. The minimum absolute atomic E-state index is 0.00583. The van der Waals surface area contributed by atoms with Gasteiger partial charge in [-0.1, -0.05) is 24.3 Å². The number of hydrogen-bond donors (Lipinski definition) is 2. The molecule has 80 valence electrons. The van der Waals surface area contributed by atoms with E-state index in [1.54, 1.807) is 0 Å². The van der Waals surface area contributed by atoms with E-state index in [4.69, 9.17) is 10.8 Å². The molecule has 0 heterocycles. The molecule has 1 fully saturated rings. The van der Waals surface area contributed by atoms with Crippen molar-refractivity contribution in [1.29, 1.82) is 0 Å². The number of carboxylic acid groups (broad SMARTS) is 1. The summed E-state index contributed by atoms with van der Waals surface area (Å²) in [5.41, 5.74) is 8.04. The van der Waals surface area contributed by atoms with Crippen LogP contribution in [0.4, 0.5) is 0 Å². The molecule has 0 spiro atoms. The Hall–Kier alpha value is -1.35. The molecule has 0 aromatic heterocycles. The maximum atomic E-state index is 10.5. The second-order valence-corrected chi connectivity index (χ2v) is 4.15. The highest BCUT2D eigenvalue weighted by molar-refractivity contribution is 5.67. The number of benzene rings is 1. The standard InChI is InChI=1S/C12H15NO2/c13-11(7-12(14)15)10-3-1-2-9(6-10)8-4-5-8/h1-3,6,8,11H,4-5,7,13H2,(H,14,15). The zero-order valence-corrected chi connectivity index (χ0v) is 8.52. The predicted molar refractivity (Wildman–Crippen MR) is 57.6 cm³/mol. The molecule has 1 saturated carbocycles. The van der Waals surface area contributed by atoms with Crippen LogP contribution in [0.25, 0.3) is 0 Å². The van der Waals surface area contributed by atoms with Crippen LogP contribution in [0.2, 0.25) is 0 Å². The summed E-state index contributed by atoms with van der Waals surface area (Å²) in [6.45, 7) is 0. The van der Waals surface area contributed by atoms with Crippen LogP contribution in [0, 0.1) is 0 Å². The molecule has 15 heavy (non-hydrogen) atoms. The van der Waals surface area contributed by atoms with Crippen molar-refractivity contribution >= 4 is 5.97 Å². The minimum Gasteiger partial charge on any atom is -0.481 e. The Morgan fingerprint density at radius 1 is 1.53 bits per heavy atom. The van der Waals surface area contributed by atoms with Gasteiger partial charge in [0.05, 0.1) is 6.42 Å². The molecule has 0 radical (unpaired) electrons. The van der Waals surface area contributed by atoms with Gasteiger partial charge >= 0.3 is 5.97 Å². The van der Waals surface area contributed by atoms with E-state index in [2.05, 4.69) is 6.07 Å². The van der Waals surface area contributed by atoms with Crippen molar-refractivity contribution in [1.82, 2.24) is 0 Å². The van der Waals surface area contributed by atoms with Crippen LogP contribution in [-0.4, -0.2) is 11.1 Å². The molecule has 0 aliphatic heterocycles. The second-order valence-electron chi connectivity index (χ2n) is 4.15. The van der Waals surface area contributed by atoms with Crippen molar-refractivity contribution in [2.75, 3.05) is 0 Å². The molecule has 1 unspecified atom stereocenters. The fraction of sp³-hybridized carbons (Fsp3) is 0.417. The van der Waals surface area contributed by atoms with Crippen molar-refractivity contribution in [3.05, 3.63) is 35.4 Å². The highest BCUT2D eigenvalue weighted by Crippen LogP contribution is 2.40. The molecule has 1 aliphatic rings. The molecule has 1 aliphatic carbocycles. The smallest absolute Gasteiger partial charge is 0.305 e. The number of carboxylic acids is 1. The van der Waals surface area contributed by atoms with Gasteiger partial charge in [0.15, 0.2) is 0 Å². The van der Waals surface area contributed by atoms with Crippen molar-refractivity contribution in [2.24, 2.45) is 5.73 Å². The highest BCUT2D eigenvalue weighted by Gasteiger charge is 2.24. The predicted octanol–water partition coefficient (Wildman–Crippen LogP) is 2.04. The van der Waals surface area contributed by atoms with Gasteiger partial charge in [-0.3, -0.25) is 4.79 Å². The summed E-state index contributed by atoms with van der Waals surface area (Å²) < 4.78 is 0. The van der Waals surface area contributed by atoms with E-state index in [1.807, 2.05) is 18.2 Å². The molecule has 3 N–H and O–H groups in total. The summed E-state index contributed by atoms with van der Waals surface area (Å²) in [4.78, 5) is 10.5. The Balaban J connectivity index is 2.12. The Kier molecular flexibility index (Phi) is 2.73. The summed E-state index contributed by atoms with van der Waals surface area (Å²) in [7, 11) is 0. The fourth-order valence-electron chi connectivity index (χ4n) is 1.77. The maximum absolute atomic E-state index is 10.5. The van der Waals surface area contributed by atoms with E-state index in [-0.39, 0.29) is 12.5 Å². The van der Waals surface area contributed by atoms with Crippen molar-refractivity contribution < 1.29 is 9.90 Å². The first-order chi connectivity index (χ1) is 7.16. The first kappa shape index (κ1) is 10.2. The van der Waals surface area contributed by atoms with E-state index in [9.17, 15) is 4.79 Å². The number of nitrogens with two attached hydrogens (primary N) is 1. The first-order valence-corrected chi connectivity index (χ1v) is 5.24. The van der Waals surface area contributed by atoms with Gasteiger partial charge in [0.25, 0.3) is 0 Å². The summed E-state index contributed by atoms with van der Waals surface area (Å²) >= 11 is 0. The Morgan fingerprint density at radius 2 is 2.27 bits per heavy atom. The molecule has 3 heteroatoms. The van der Waals surface area contributed by atoms with Gasteiger partial charge in [0.1, 0.15) is 0 Å². The molecule has 0 saturated heterocycles. The summed E-state index contributed by atoms with van der Waals surface area (Å²) in [5.74, 6) is -0.165. The molecular weight excluding hydrogens is 190 g/mol. The van der Waals surface area contributed by atoms with Crippen molar-refractivity contribution in [3.63, 3.8) is 0 Å². The molecule has 0 bridgehead atoms. The van der Waals surface area contributed by atoms with Gasteiger partial charge in [-0.2, -0.15) is 0 Å².